The maximum Gasteiger partial charge on any atom is 0.213 e. The van der Waals surface area contributed by atoms with Gasteiger partial charge in [-0.05, 0) is 36.1 Å². The van der Waals surface area contributed by atoms with Crippen molar-refractivity contribution in [3.8, 4) is 5.88 Å². The number of benzene rings is 2. The van der Waals surface area contributed by atoms with E-state index in [0.29, 0.717) is 18.5 Å². The second kappa shape index (κ2) is 8.83. The van der Waals surface area contributed by atoms with Gasteiger partial charge < -0.3 is 4.74 Å². The molecule has 27 heavy (non-hydrogen) atoms. The molecule has 138 valence electrons. The van der Waals surface area contributed by atoms with Gasteiger partial charge in [0.05, 0.1) is 0 Å². The second-order valence-electron chi connectivity index (χ2n) is 7.17. The van der Waals surface area contributed by atoms with E-state index in [1.807, 2.05) is 30.5 Å². The lowest BCUT2D eigenvalue weighted by molar-refractivity contribution is 0.140. The summed E-state index contributed by atoms with van der Waals surface area (Å²) in [7, 11) is 0. The van der Waals surface area contributed by atoms with E-state index in [-0.39, 0.29) is 0 Å². The molecule has 1 aromatic heterocycles. The highest BCUT2D eigenvalue weighted by Crippen LogP contribution is 2.32. The van der Waals surface area contributed by atoms with Gasteiger partial charge in [-0.3, -0.25) is 4.90 Å². The van der Waals surface area contributed by atoms with E-state index in [1.165, 1.54) is 30.4 Å². The zero-order chi connectivity index (χ0) is 18.3. The van der Waals surface area contributed by atoms with Gasteiger partial charge in [0.1, 0.15) is 6.61 Å². The molecule has 0 radical (unpaired) electrons. The van der Waals surface area contributed by atoms with Crippen molar-refractivity contribution in [2.24, 2.45) is 0 Å². The first kappa shape index (κ1) is 17.7. The van der Waals surface area contributed by atoms with Crippen LogP contribution in [0.15, 0.2) is 79.0 Å². The van der Waals surface area contributed by atoms with Crippen LogP contribution < -0.4 is 4.74 Å². The first-order valence-electron chi connectivity index (χ1n) is 9.79. The Morgan fingerprint density at radius 3 is 2.30 bits per heavy atom. The smallest absolute Gasteiger partial charge is 0.213 e. The monoisotopic (exact) mass is 358 g/mol. The number of nitrogens with zero attached hydrogens (tertiary/aromatic N) is 2. The van der Waals surface area contributed by atoms with Crippen LogP contribution in [0.1, 0.15) is 42.0 Å². The summed E-state index contributed by atoms with van der Waals surface area (Å²) in [5, 5.41) is 0. The molecule has 0 N–H and O–H groups in total. The Labute approximate surface area is 161 Å². The molecule has 1 unspecified atom stereocenters. The third-order valence-electron chi connectivity index (χ3n) is 5.22. The van der Waals surface area contributed by atoms with Crippen molar-refractivity contribution in [2.75, 3.05) is 6.54 Å². The average molecular weight is 358 g/mol. The van der Waals surface area contributed by atoms with Crippen LogP contribution in [0.5, 0.6) is 5.88 Å². The maximum atomic E-state index is 5.83. The Bertz CT molecular complexity index is 818. The van der Waals surface area contributed by atoms with E-state index in [9.17, 15) is 0 Å². The summed E-state index contributed by atoms with van der Waals surface area (Å²) in [6, 6.07) is 25.6. The molecule has 2 aromatic carbocycles. The minimum absolute atomic E-state index is 0.439. The fourth-order valence-corrected chi connectivity index (χ4v) is 3.78. The molecular weight excluding hydrogens is 332 g/mol. The van der Waals surface area contributed by atoms with Crippen molar-refractivity contribution in [1.82, 2.24) is 9.88 Å². The predicted octanol–water partition coefficient (Wildman–Crippen LogP) is 5.39. The van der Waals surface area contributed by atoms with Crippen LogP contribution >= 0.6 is 0 Å². The van der Waals surface area contributed by atoms with E-state index >= 15 is 0 Å². The molecule has 3 nitrogen and oxygen atoms in total. The molecule has 0 amide bonds. The number of ether oxygens (including phenoxy) is 1. The molecule has 0 aliphatic carbocycles. The summed E-state index contributed by atoms with van der Waals surface area (Å²) < 4.78 is 5.83. The van der Waals surface area contributed by atoms with Crippen molar-refractivity contribution in [3.63, 3.8) is 0 Å². The number of likely N-dealkylation sites (tertiary alicyclic amines) is 1. The van der Waals surface area contributed by atoms with Gasteiger partial charge in [-0.2, -0.15) is 0 Å². The minimum atomic E-state index is 0.439. The van der Waals surface area contributed by atoms with Crippen molar-refractivity contribution in [3.05, 3.63) is 95.7 Å². The van der Waals surface area contributed by atoms with Gasteiger partial charge in [0, 0.05) is 24.8 Å². The number of pyridine rings is 1. The first-order valence-corrected chi connectivity index (χ1v) is 9.79. The fourth-order valence-electron chi connectivity index (χ4n) is 3.78. The Kier molecular flexibility index (Phi) is 5.80. The highest BCUT2D eigenvalue weighted by atomic mass is 16.5. The molecule has 1 saturated heterocycles. The Morgan fingerprint density at radius 2 is 1.59 bits per heavy atom. The minimum Gasteiger partial charge on any atom is -0.473 e. The van der Waals surface area contributed by atoms with Crippen LogP contribution in [-0.2, 0) is 13.2 Å². The molecule has 1 aliphatic heterocycles. The van der Waals surface area contributed by atoms with Crippen LogP contribution in [0.3, 0.4) is 0 Å². The van der Waals surface area contributed by atoms with Crippen LogP contribution in [-0.4, -0.2) is 16.4 Å². The molecule has 4 rings (SSSR count). The summed E-state index contributed by atoms with van der Waals surface area (Å²) in [5.41, 5.74) is 3.82. The molecule has 0 spiro atoms. The summed E-state index contributed by atoms with van der Waals surface area (Å²) in [6.07, 6.45) is 5.74. The molecule has 3 aromatic rings. The van der Waals surface area contributed by atoms with E-state index in [1.54, 1.807) is 0 Å². The third kappa shape index (κ3) is 4.75. The normalized spacial score (nSPS) is 17.6. The molecule has 2 heterocycles. The quantitative estimate of drug-likeness (QED) is 0.591. The maximum absolute atomic E-state index is 5.83. The van der Waals surface area contributed by atoms with Gasteiger partial charge in [-0.25, -0.2) is 4.98 Å². The molecular formula is C24H26N2O. The highest BCUT2D eigenvalue weighted by molar-refractivity contribution is 5.23. The molecule has 0 bridgehead atoms. The number of hydrogen-bond acceptors (Lipinski definition) is 3. The molecule has 3 heteroatoms. The zero-order valence-corrected chi connectivity index (χ0v) is 15.6. The lowest BCUT2D eigenvalue weighted by Gasteiger charge is -2.36. The standard InChI is InChI=1S/C24H26N2O/c1-3-9-20(10-4-1)18-26-16-8-7-13-23(26)22-14-15-24(25-17-22)27-19-21-11-5-2-6-12-21/h1-6,9-12,14-15,17,23H,7-8,13,16,18-19H2. The number of hydrogen-bond donors (Lipinski definition) is 0. The van der Waals surface area contributed by atoms with Crippen LogP contribution in [0.2, 0.25) is 0 Å². The van der Waals surface area contributed by atoms with Gasteiger partial charge in [-0.15, -0.1) is 0 Å². The van der Waals surface area contributed by atoms with Gasteiger partial charge in [0.25, 0.3) is 0 Å². The van der Waals surface area contributed by atoms with Crippen molar-refractivity contribution >= 4 is 0 Å². The zero-order valence-electron chi connectivity index (χ0n) is 15.6. The fraction of sp³-hybridized carbons (Fsp3) is 0.292. The number of aromatic nitrogens is 1. The Morgan fingerprint density at radius 1 is 0.852 bits per heavy atom. The summed E-state index contributed by atoms with van der Waals surface area (Å²) in [5.74, 6) is 0.688. The van der Waals surface area contributed by atoms with Gasteiger partial charge >= 0.3 is 0 Å². The average Bonchev–Trinajstić information content (AvgIpc) is 2.75. The lowest BCUT2D eigenvalue weighted by Crippen LogP contribution is -2.32. The number of rotatable bonds is 6. The third-order valence-corrected chi connectivity index (χ3v) is 5.22. The van der Waals surface area contributed by atoms with E-state index < -0.39 is 0 Å². The number of piperidine rings is 1. The van der Waals surface area contributed by atoms with Crippen molar-refractivity contribution in [2.45, 2.75) is 38.5 Å². The van der Waals surface area contributed by atoms with Gasteiger partial charge in [0.2, 0.25) is 5.88 Å². The SMILES string of the molecule is c1ccc(COc2ccc(C3CCCCN3Cc3ccccc3)cn2)cc1. The van der Waals surface area contributed by atoms with Crippen LogP contribution in [0.4, 0.5) is 0 Å². The topological polar surface area (TPSA) is 25.4 Å². The van der Waals surface area contributed by atoms with Crippen molar-refractivity contribution in [1.29, 1.82) is 0 Å². The van der Waals surface area contributed by atoms with Crippen molar-refractivity contribution < 1.29 is 4.74 Å². The molecule has 1 aliphatic rings. The van der Waals surface area contributed by atoms with E-state index in [2.05, 4.69) is 58.4 Å². The highest BCUT2D eigenvalue weighted by Gasteiger charge is 2.24. The van der Waals surface area contributed by atoms with Gasteiger partial charge in [0.15, 0.2) is 0 Å². The van der Waals surface area contributed by atoms with Crippen LogP contribution in [0.25, 0.3) is 0 Å². The summed E-state index contributed by atoms with van der Waals surface area (Å²) >= 11 is 0. The largest absolute Gasteiger partial charge is 0.473 e. The molecule has 1 atom stereocenters. The lowest BCUT2D eigenvalue weighted by atomic mass is 9.96. The predicted molar refractivity (Wildman–Crippen MR) is 108 cm³/mol. The summed E-state index contributed by atoms with van der Waals surface area (Å²) in [6.45, 7) is 2.69. The van der Waals surface area contributed by atoms with Crippen LogP contribution in [0, 0.1) is 0 Å². The molecule has 0 saturated carbocycles. The molecule has 1 fully saturated rings. The van der Waals surface area contributed by atoms with E-state index in [4.69, 9.17) is 4.74 Å². The Hall–Kier alpha value is -2.65. The second-order valence-corrected chi connectivity index (χ2v) is 7.17. The summed E-state index contributed by atoms with van der Waals surface area (Å²) in [4.78, 5) is 7.15. The van der Waals surface area contributed by atoms with Gasteiger partial charge in [-0.1, -0.05) is 73.2 Å². The first-order chi connectivity index (χ1) is 13.4. The Balaban J connectivity index is 1.41. The van der Waals surface area contributed by atoms with E-state index in [0.717, 1.165) is 18.7 Å².